The summed E-state index contributed by atoms with van der Waals surface area (Å²) in [5.41, 5.74) is 2.50. The Labute approximate surface area is 124 Å². The van der Waals surface area contributed by atoms with Crippen LogP contribution in [0, 0.1) is 12.7 Å². The maximum atomic E-state index is 13.7. The van der Waals surface area contributed by atoms with E-state index in [2.05, 4.69) is 21.2 Å². The first-order chi connectivity index (χ1) is 9.63. The highest BCUT2D eigenvalue weighted by molar-refractivity contribution is 9.10. The van der Waals surface area contributed by atoms with Crippen molar-refractivity contribution in [2.24, 2.45) is 0 Å². The van der Waals surface area contributed by atoms with E-state index in [0.29, 0.717) is 18.0 Å². The summed E-state index contributed by atoms with van der Waals surface area (Å²) in [6.07, 6.45) is 0. The van der Waals surface area contributed by atoms with Crippen LogP contribution in [0.4, 0.5) is 10.1 Å². The Morgan fingerprint density at radius 2 is 2.10 bits per heavy atom. The smallest absolute Gasteiger partial charge is 0.231 e. The van der Waals surface area contributed by atoms with Crippen LogP contribution in [0.1, 0.15) is 11.1 Å². The van der Waals surface area contributed by atoms with Crippen molar-refractivity contribution < 1.29 is 13.9 Å². The topological polar surface area (TPSA) is 30.5 Å². The second kappa shape index (κ2) is 5.32. The zero-order valence-corrected chi connectivity index (χ0v) is 12.5. The first-order valence-corrected chi connectivity index (χ1v) is 7.01. The van der Waals surface area contributed by atoms with Gasteiger partial charge in [-0.1, -0.05) is 6.07 Å². The molecule has 104 valence electrons. The SMILES string of the molecule is Cc1ccc(F)c(NCc2cc(Br)c3c(c2)OCO3)c1. The average Bonchev–Trinajstić information content (AvgIpc) is 2.89. The van der Waals surface area contributed by atoms with Crippen molar-refractivity contribution in [3.63, 3.8) is 0 Å². The van der Waals surface area contributed by atoms with Crippen LogP contribution in [0.2, 0.25) is 0 Å². The molecule has 3 nitrogen and oxygen atoms in total. The molecular formula is C15H13BrFNO2. The third-order valence-electron chi connectivity index (χ3n) is 3.09. The molecule has 0 atom stereocenters. The highest BCUT2D eigenvalue weighted by atomic mass is 79.9. The van der Waals surface area contributed by atoms with E-state index in [1.165, 1.54) is 6.07 Å². The first-order valence-electron chi connectivity index (χ1n) is 6.21. The number of rotatable bonds is 3. The molecule has 0 radical (unpaired) electrons. The van der Waals surface area contributed by atoms with Gasteiger partial charge in [0.05, 0.1) is 10.2 Å². The number of anilines is 1. The summed E-state index contributed by atoms with van der Waals surface area (Å²) in [6, 6.07) is 8.84. The Kier molecular flexibility index (Phi) is 3.53. The van der Waals surface area contributed by atoms with Gasteiger partial charge in [0, 0.05) is 6.54 Å². The van der Waals surface area contributed by atoms with Crippen molar-refractivity contribution in [1.82, 2.24) is 0 Å². The van der Waals surface area contributed by atoms with Crippen LogP contribution < -0.4 is 14.8 Å². The number of halogens is 2. The molecule has 1 aliphatic rings. The zero-order chi connectivity index (χ0) is 14.1. The lowest BCUT2D eigenvalue weighted by molar-refractivity contribution is 0.173. The van der Waals surface area contributed by atoms with Gasteiger partial charge in [-0.15, -0.1) is 0 Å². The van der Waals surface area contributed by atoms with Gasteiger partial charge >= 0.3 is 0 Å². The van der Waals surface area contributed by atoms with E-state index < -0.39 is 0 Å². The van der Waals surface area contributed by atoms with Gasteiger partial charge in [0.1, 0.15) is 5.82 Å². The molecular weight excluding hydrogens is 325 g/mol. The second-order valence-electron chi connectivity index (χ2n) is 4.65. The molecule has 1 N–H and O–H groups in total. The van der Waals surface area contributed by atoms with Crippen LogP contribution >= 0.6 is 15.9 Å². The van der Waals surface area contributed by atoms with Crippen LogP contribution in [0.15, 0.2) is 34.8 Å². The summed E-state index contributed by atoms with van der Waals surface area (Å²) in [4.78, 5) is 0. The van der Waals surface area contributed by atoms with E-state index in [4.69, 9.17) is 9.47 Å². The van der Waals surface area contributed by atoms with Gasteiger partial charge in [-0.05, 0) is 58.2 Å². The van der Waals surface area contributed by atoms with Crippen LogP contribution in [-0.4, -0.2) is 6.79 Å². The van der Waals surface area contributed by atoms with E-state index in [9.17, 15) is 4.39 Å². The Morgan fingerprint density at radius 1 is 1.25 bits per heavy atom. The first kappa shape index (κ1) is 13.2. The number of ether oxygens (including phenoxy) is 2. The number of hydrogen-bond acceptors (Lipinski definition) is 3. The Balaban J connectivity index is 1.79. The molecule has 0 bridgehead atoms. The molecule has 0 amide bonds. The van der Waals surface area contributed by atoms with Crippen molar-refractivity contribution in [2.75, 3.05) is 12.1 Å². The molecule has 0 spiro atoms. The normalized spacial score (nSPS) is 12.6. The molecule has 1 heterocycles. The number of benzene rings is 2. The molecule has 0 saturated heterocycles. The van der Waals surface area contributed by atoms with Crippen LogP contribution in [0.25, 0.3) is 0 Å². The van der Waals surface area contributed by atoms with Crippen molar-refractivity contribution >= 4 is 21.6 Å². The van der Waals surface area contributed by atoms with Gasteiger partial charge in [0.25, 0.3) is 0 Å². The number of hydrogen-bond donors (Lipinski definition) is 1. The fourth-order valence-corrected chi connectivity index (χ4v) is 2.70. The molecule has 0 unspecified atom stereocenters. The monoisotopic (exact) mass is 337 g/mol. The predicted molar refractivity (Wildman–Crippen MR) is 78.7 cm³/mol. The van der Waals surface area contributed by atoms with Crippen LogP contribution in [0.5, 0.6) is 11.5 Å². The number of nitrogens with one attached hydrogen (secondary N) is 1. The molecule has 20 heavy (non-hydrogen) atoms. The molecule has 0 saturated carbocycles. The summed E-state index contributed by atoms with van der Waals surface area (Å²) in [5, 5.41) is 3.10. The van der Waals surface area contributed by atoms with E-state index in [1.54, 1.807) is 12.1 Å². The summed E-state index contributed by atoms with van der Waals surface area (Å²) in [7, 11) is 0. The Morgan fingerprint density at radius 3 is 2.95 bits per heavy atom. The van der Waals surface area contributed by atoms with Gasteiger partial charge in [-0.2, -0.15) is 0 Å². The van der Waals surface area contributed by atoms with Crippen molar-refractivity contribution in [1.29, 1.82) is 0 Å². The minimum absolute atomic E-state index is 0.233. The van der Waals surface area contributed by atoms with Crippen molar-refractivity contribution in [3.05, 3.63) is 51.7 Å². The fourth-order valence-electron chi connectivity index (χ4n) is 2.09. The summed E-state index contributed by atoms with van der Waals surface area (Å²) < 4.78 is 25.2. The van der Waals surface area contributed by atoms with E-state index >= 15 is 0 Å². The number of aryl methyl sites for hydroxylation is 1. The molecule has 2 aromatic rings. The lowest BCUT2D eigenvalue weighted by Crippen LogP contribution is -2.02. The third-order valence-corrected chi connectivity index (χ3v) is 3.68. The van der Waals surface area contributed by atoms with Gasteiger partial charge < -0.3 is 14.8 Å². The van der Waals surface area contributed by atoms with Crippen LogP contribution in [0.3, 0.4) is 0 Å². The fraction of sp³-hybridized carbons (Fsp3) is 0.200. The highest BCUT2D eigenvalue weighted by Gasteiger charge is 2.17. The van der Waals surface area contributed by atoms with E-state index in [1.807, 2.05) is 19.1 Å². The lowest BCUT2D eigenvalue weighted by Gasteiger charge is -2.10. The Bertz CT molecular complexity index is 661. The molecule has 0 aliphatic carbocycles. The second-order valence-corrected chi connectivity index (χ2v) is 5.50. The molecule has 3 rings (SSSR count). The van der Waals surface area contributed by atoms with E-state index in [-0.39, 0.29) is 12.6 Å². The molecule has 2 aromatic carbocycles. The average molecular weight is 338 g/mol. The molecule has 1 aliphatic heterocycles. The molecule has 5 heteroatoms. The summed E-state index contributed by atoms with van der Waals surface area (Å²) >= 11 is 3.44. The van der Waals surface area contributed by atoms with Crippen molar-refractivity contribution in [2.45, 2.75) is 13.5 Å². The van der Waals surface area contributed by atoms with Gasteiger partial charge in [-0.3, -0.25) is 0 Å². The van der Waals surface area contributed by atoms with Crippen molar-refractivity contribution in [3.8, 4) is 11.5 Å². The van der Waals surface area contributed by atoms with Gasteiger partial charge in [0.15, 0.2) is 11.5 Å². The maximum absolute atomic E-state index is 13.7. The minimum Gasteiger partial charge on any atom is -0.454 e. The molecule has 0 fully saturated rings. The van der Waals surface area contributed by atoms with Crippen LogP contribution in [-0.2, 0) is 6.54 Å². The van der Waals surface area contributed by atoms with Gasteiger partial charge in [-0.25, -0.2) is 4.39 Å². The maximum Gasteiger partial charge on any atom is 0.231 e. The quantitative estimate of drug-likeness (QED) is 0.908. The Hall–Kier alpha value is -1.75. The standard InChI is InChI=1S/C15H13BrFNO2/c1-9-2-3-12(17)13(4-9)18-7-10-5-11(16)15-14(6-10)19-8-20-15/h2-6,18H,7-8H2,1H3. The zero-order valence-electron chi connectivity index (χ0n) is 10.9. The van der Waals surface area contributed by atoms with Gasteiger partial charge in [0.2, 0.25) is 6.79 Å². The third kappa shape index (κ3) is 2.58. The summed E-state index contributed by atoms with van der Waals surface area (Å²) in [5.74, 6) is 1.17. The highest BCUT2D eigenvalue weighted by Crippen LogP contribution is 2.40. The molecule has 0 aromatic heterocycles. The predicted octanol–water partition coefficient (Wildman–Crippen LogP) is 4.24. The van der Waals surface area contributed by atoms with E-state index in [0.717, 1.165) is 21.3 Å². The summed E-state index contributed by atoms with van der Waals surface area (Å²) in [6.45, 7) is 2.68. The lowest BCUT2D eigenvalue weighted by atomic mass is 10.1. The largest absolute Gasteiger partial charge is 0.454 e. The number of fused-ring (bicyclic) bond motifs is 1. The minimum atomic E-state index is -0.254.